The molecule has 1 amide bonds. The first-order valence-electron chi connectivity index (χ1n) is 6.29. The summed E-state index contributed by atoms with van der Waals surface area (Å²) in [7, 11) is 0. The summed E-state index contributed by atoms with van der Waals surface area (Å²) >= 11 is 1.36. The highest BCUT2D eigenvalue weighted by Gasteiger charge is 2.22. The number of hydrogen-bond acceptors (Lipinski definition) is 4. The molecule has 0 fully saturated rings. The van der Waals surface area contributed by atoms with Crippen molar-refractivity contribution in [3.8, 4) is 0 Å². The fraction of sp³-hybridized carbons (Fsp3) is 0.214. The fourth-order valence-electron chi connectivity index (χ4n) is 2.51. The molecule has 6 heteroatoms. The molecule has 0 bridgehead atoms. The van der Waals surface area contributed by atoms with E-state index in [-0.39, 0.29) is 11.7 Å². The zero-order valence-electron chi connectivity index (χ0n) is 10.7. The van der Waals surface area contributed by atoms with Gasteiger partial charge in [0, 0.05) is 18.8 Å². The summed E-state index contributed by atoms with van der Waals surface area (Å²) in [5, 5.41) is 1.86. The van der Waals surface area contributed by atoms with Gasteiger partial charge in [-0.25, -0.2) is 10.2 Å². The van der Waals surface area contributed by atoms with Crippen molar-refractivity contribution in [3.63, 3.8) is 0 Å². The Kier molecular flexibility index (Phi) is 3.42. The lowest BCUT2D eigenvalue weighted by atomic mass is 10.1. The van der Waals surface area contributed by atoms with Gasteiger partial charge in [-0.1, -0.05) is 6.07 Å². The smallest absolute Gasteiger partial charge is 0.275 e. The number of carbonyl (C=O) groups excluding carboxylic acids is 1. The van der Waals surface area contributed by atoms with Gasteiger partial charge >= 0.3 is 0 Å². The molecular weight excluding hydrogens is 277 g/mol. The molecule has 1 aromatic heterocycles. The third-order valence-electron chi connectivity index (χ3n) is 3.48. The van der Waals surface area contributed by atoms with Gasteiger partial charge in [0.1, 0.15) is 5.82 Å². The molecule has 3 rings (SSSR count). The van der Waals surface area contributed by atoms with Crippen LogP contribution in [0.4, 0.5) is 10.1 Å². The number of nitrogens with one attached hydrogen (secondary N) is 1. The summed E-state index contributed by atoms with van der Waals surface area (Å²) in [6.45, 7) is 1.42. The molecule has 0 atom stereocenters. The summed E-state index contributed by atoms with van der Waals surface area (Å²) in [5.41, 5.74) is 5.12. The topological polar surface area (TPSA) is 58.4 Å². The number of anilines is 1. The maximum absolute atomic E-state index is 13.4. The van der Waals surface area contributed by atoms with Gasteiger partial charge in [0.15, 0.2) is 0 Å². The molecule has 4 nitrogen and oxygen atoms in total. The number of rotatable bonds is 3. The van der Waals surface area contributed by atoms with Gasteiger partial charge in [-0.2, -0.15) is 0 Å². The number of amides is 1. The molecule has 1 aliphatic heterocycles. The van der Waals surface area contributed by atoms with Gasteiger partial charge in [-0.3, -0.25) is 10.2 Å². The van der Waals surface area contributed by atoms with Crippen LogP contribution in [0.15, 0.2) is 29.6 Å². The van der Waals surface area contributed by atoms with Crippen molar-refractivity contribution in [3.05, 3.63) is 51.5 Å². The Morgan fingerprint density at radius 3 is 3.10 bits per heavy atom. The van der Waals surface area contributed by atoms with Crippen LogP contribution in [0.25, 0.3) is 0 Å². The predicted molar refractivity (Wildman–Crippen MR) is 77.1 cm³/mol. The van der Waals surface area contributed by atoms with Crippen LogP contribution < -0.4 is 16.2 Å². The van der Waals surface area contributed by atoms with Crippen molar-refractivity contribution in [2.75, 3.05) is 11.4 Å². The lowest BCUT2D eigenvalue weighted by Crippen LogP contribution is -2.30. The highest BCUT2D eigenvalue weighted by atomic mass is 32.1. The van der Waals surface area contributed by atoms with Gasteiger partial charge in [-0.15, -0.1) is 11.3 Å². The molecule has 2 heterocycles. The van der Waals surface area contributed by atoms with Crippen LogP contribution in [-0.4, -0.2) is 12.5 Å². The second-order valence-electron chi connectivity index (χ2n) is 4.69. The highest BCUT2D eigenvalue weighted by molar-refractivity contribution is 7.12. The van der Waals surface area contributed by atoms with E-state index < -0.39 is 0 Å². The SMILES string of the molecule is NNC(=O)c1sccc1CN1CCc2ccc(F)cc21. The number of nitrogens with zero attached hydrogens (tertiary/aromatic N) is 1. The molecule has 0 unspecified atom stereocenters. The number of thiophene rings is 1. The van der Waals surface area contributed by atoms with E-state index in [1.54, 1.807) is 6.07 Å². The van der Waals surface area contributed by atoms with Crippen molar-refractivity contribution in [2.45, 2.75) is 13.0 Å². The van der Waals surface area contributed by atoms with Crippen molar-refractivity contribution < 1.29 is 9.18 Å². The van der Waals surface area contributed by atoms with Crippen LogP contribution in [0.1, 0.15) is 20.8 Å². The Hall–Kier alpha value is -1.92. The minimum absolute atomic E-state index is 0.235. The monoisotopic (exact) mass is 291 g/mol. The van der Waals surface area contributed by atoms with Crippen LogP contribution >= 0.6 is 11.3 Å². The van der Waals surface area contributed by atoms with E-state index in [2.05, 4.69) is 10.3 Å². The second-order valence-corrected chi connectivity index (χ2v) is 5.61. The summed E-state index contributed by atoms with van der Waals surface area (Å²) in [5.74, 6) is 4.66. The standard InChI is InChI=1S/C14H14FN3OS/c15-11-2-1-9-3-5-18(12(9)7-11)8-10-4-6-20-13(10)14(19)17-16/h1-2,4,6-7H,3,5,8,16H2,(H,17,19). The molecule has 0 aliphatic carbocycles. The van der Waals surface area contributed by atoms with Gasteiger partial charge in [0.2, 0.25) is 0 Å². The fourth-order valence-corrected chi connectivity index (χ4v) is 3.33. The van der Waals surface area contributed by atoms with Gasteiger partial charge in [-0.05, 0) is 41.1 Å². The first-order chi connectivity index (χ1) is 9.69. The zero-order valence-corrected chi connectivity index (χ0v) is 11.5. The first-order valence-corrected chi connectivity index (χ1v) is 7.17. The number of nitrogens with two attached hydrogens (primary N) is 1. The highest BCUT2D eigenvalue weighted by Crippen LogP contribution is 2.31. The molecule has 1 aliphatic rings. The summed E-state index contributed by atoms with van der Waals surface area (Å²) < 4.78 is 13.4. The largest absolute Gasteiger partial charge is 0.367 e. The predicted octanol–water partition coefficient (Wildman–Crippen LogP) is 2.05. The molecular formula is C14H14FN3OS. The van der Waals surface area contributed by atoms with E-state index in [4.69, 9.17) is 5.84 Å². The van der Waals surface area contributed by atoms with E-state index >= 15 is 0 Å². The number of benzene rings is 1. The molecule has 2 aromatic rings. The van der Waals surface area contributed by atoms with E-state index in [9.17, 15) is 9.18 Å². The van der Waals surface area contributed by atoms with Crippen molar-refractivity contribution >= 4 is 22.9 Å². The van der Waals surface area contributed by atoms with Crippen LogP contribution in [0, 0.1) is 5.82 Å². The third kappa shape index (κ3) is 2.28. The molecule has 0 radical (unpaired) electrons. The molecule has 20 heavy (non-hydrogen) atoms. The first kappa shape index (κ1) is 13.1. The number of fused-ring (bicyclic) bond motifs is 1. The number of hydrazine groups is 1. The van der Waals surface area contributed by atoms with Gasteiger partial charge in [0.05, 0.1) is 4.88 Å². The Morgan fingerprint density at radius 2 is 2.30 bits per heavy atom. The van der Waals surface area contributed by atoms with Crippen LogP contribution in [0.3, 0.4) is 0 Å². The lowest BCUT2D eigenvalue weighted by molar-refractivity contribution is 0.0957. The van der Waals surface area contributed by atoms with E-state index in [1.807, 2.05) is 17.5 Å². The molecule has 0 saturated heterocycles. The summed E-state index contributed by atoms with van der Waals surface area (Å²) in [6.07, 6.45) is 0.901. The van der Waals surface area contributed by atoms with Crippen molar-refractivity contribution in [1.29, 1.82) is 0 Å². The molecule has 3 N–H and O–H groups in total. The minimum Gasteiger partial charge on any atom is -0.367 e. The van der Waals surface area contributed by atoms with Crippen molar-refractivity contribution in [2.24, 2.45) is 5.84 Å². The van der Waals surface area contributed by atoms with E-state index in [1.165, 1.54) is 17.4 Å². The Balaban J connectivity index is 1.86. The number of halogens is 1. The van der Waals surface area contributed by atoms with Crippen molar-refractivity contribution in [1.82, 2.24) is 5.43 Å². The summed E-state index contributed by atoms with van der Waals surface area (Å²) in [6, 6.07) is 6.77. The normalized spacial score (nSPS) is 13.4. The average molecular weight is 291 g/mol. The van der Waals surface area contributed by atoms with Crippen LogP contribution in [0.5, 0.6) is 0 Å². The van der Waals surface area contributed by atoms with Crippen LogP contribution in [-0.2, 0) is 13.0 Å². The van der Waals surface area contributed by atoms with Gasteiger partial charge < -0.3 is 4.90 Å². The number of hydrogen-bond donors (Lipinski definition) is 2. The maximum atomic E-state index is 13.4. The van der Waals surface area contributed by atoms with Crippen LogP contribution in [0.2, 0.25) is 0 Å². The molecule has 0 spiro atoms. The Morgan fingerprint density at radius 1 is 1.45 bits per heavy atom. The Bertz CT molecular complexity index is 656. The van der Waals surface area contributed by atoms with E-state index in [0.29, 0.717) is 11.4 Å². The van der Waals surface area contributed by atoms with Gasteiger partial charge in [0.25, 0.3) is 5.91 Å². The number of carbonyl (C=O) groups is 1. The van der Waals surface area contributed by atoms with E-state index in [0.717, 1.165) is 29.8 Å². The molecule has 104 valence electrons. The molecule has 1 aromatic carbocycles. The molecule has 0 saturated carbocycles. The lowest BCUT2D eigenvalue weighted by Gasteiger charge is -2.19. The maximum Gasteiger partial charge on any atom is 0.275 e. The number of nitrogen functional groups attached to an aromatic ring is 1. The quantitative estimate of drug-likeness (QED) is 0.517. The second kappa shape index (κ2) is 5.22. The third-order valence-corrected chi connectivity index (χ3v) is 4.44. The Labute approximate surface area is 120 Å². The minimum atomic E-state index is -0.284. The summed E-state index contributed by atoms with van der Waals surface area (Å²) in [4.78, 5) is 14.4. The average Bonchev–Trinajstić information content (AvgIpc) is 3.06. The zero-order chi connectivity index (χ0) is 14.1.